The first kappa shape index (κ1) is 28.3. The Balaban J connectivity index is 1.60. The fraction of sp³-hybridized carbons (Fsp3) is 0.188. The van der Waals surface area contributed by atoms with Crippen molar-refractivity contribution in [3.05, 3.63) is 112 Å². The Morgan fingerprint density at radius 3 is 2.69 bits per heavy atom. The van der Waals surface area contributed by atoms with Crippen molar-refractivity contribution in [3.8, 4) is 16.9 Å². The predicted molar refractivity (Wildman–Crippen MR) is 159 cm³/mol. The number of halogens is 1. The SMILES string of the molecule is CNC(=O)c1cccc(-c2cnc(NC(=O)[C@H](C)NC)c(=O)n2Cc2c#ccc(-n3cc(C)c4cc(F)ccc43)c2)c1. The highest BCUT2D eigenvalue weighted by atomic mass is 19.1. The maximum atomic E-state index is 13.9. The number of benzene rings is 2. The van der Waals surface area contributed by atoms with Gasteiger partial charge in [0.2, 0.25) is 5.91 Å². The lowest BCUT2D eigenvalue weighted by atomic mass is 10.1. The van der Waals surface area contributed by atoms with Gasteiger partial charge in [-0.1, -0.05) is 24.3 Å². The number of amides is 2. The van der Waals surface area contributed by atoms with E-state index in [0.717, 1.165) is 22.2 Å². The van der Waals surface area contributed by atoms with Crippen molar-refractivity contribution in [1.29, 1.82) is 0 Å². The standard InChI is InChI=1S/C32H29FN6O3/c1-19-17-38(27-12-11-24(33)15-26(19)27)25-10-5-7-21(13-25)18-39-28(22-8-6-9-23(14-22)31(41)35-4)16-36-29(32(39)42)37-30(40)20(2)34-3/h6,8-17,20,34H,18H2,1-4H3,(H,35,41)(H,36,37,40)/t20-/m0/s1. The summed E-state index contributed by atoms with van der Waals surface area (Å²) in [5, 5.41) is 8.84. The zero-order valence-electron chi connectivity index (χ0n) is 23.6. The molecule has 2 heterocycles. The molecule has 0 bridgehead atoms. The Kier molecular flexibility index (Phi) is 7.86. The van der Waals surface area contributed by atoms with E-state index in [0.29, 0.717) is 22.4 Å². The summed E-state index contributed by atoms with van der Waals surface area (Å²) in [6, 6.07) is 20.7. The van der Waals surface area contributed by atoms with Crippen LogP contribution in [0.15, 0.2) is 71.8 Å². The van der Waals surface area contributed by atoms with Gasteiger partial charge in [-0.15, -0.1) is 0 Å². The van der Waals surface area contributed by atoms with Gasteiger partial charge < -0.3 is 20.5 Å². The molecule has 0 saturated carbocycles. The van der Waals surface area contributed by atoms with Crippen LogP contribution in [0.3, 0.4) is 0 Å². The second-order valence-electron chi connectivity index (χ2n) is 9.89. The molecule has 0 unspecified atom stereocenters. The molecule has 0 aliphatic rings. The highest BCUT2D eigenvalue weighted by molar-refractivity contribution is 5.95. The summed E-state index contributed by atoms with van der Waals surface area (Å²) in [6.07, 6.45) is 3.41. The molecule has 2 amide bonds. The van der Waals surface area contributed by atoms with E-state index in [9.17, 15) is 18.8 Å². The van der Waals surface area contributed by atoms with Crippen molar-refractivity contribution in [3.63, 3.8) is 0 Å². The van der Waals surface area contributed by atoms with Gasteiger partial charge in [0.25, 0.3) is 11.5 Å². The maximum absolute atomic E-state index is 13.9. The summed E-state index contributed by atoms with van der Waals surface area (Å²) in [5.41, 5.74) is 4.07. The normalized spacial score (nSPS) is 11.6. The van der Waals surface area contributed by atoms with E-state index >= 15 is 0 Å². The number of anilines is 1. The van der Waals surface area contributed by atoms with E-state index in [1.807, 2.05) is 23.8 Å². The Morgan fingerprint density at radius 1 is 1.12 bits per heavy atom. The monoisotopic (exact) mass is 564 g/mol. The van der Waals surface area contributed by atoms with Crippen LogP contribution in [0, 0.1) is 24.9 Å². The summed E-state index contributed by atoms with van der Waals surface area (Å²) >= 11 is 0. The fourth-order valence-corrected chi connectivity index (χ4v) is 4.72. The Labute approximate surface area is 242 Å². The Bertz CT molecular complexity index is 1880. The molecule has 3 aromatic carbocycles. The number of nitrogens with one attached hydrogen (secondary N) is 3. The lowest BCUT2D eigenvalue weighted by Gasteiger charge is -2.16. The van der Waals surface area contributed by atoms with Gasteiger partial charge in [0.05, 0.1) is 35.7 Å². The first-order valence-corrected chi connectivity index (χ1v) is 13.3. The number of aryl methyl sites for hydroxylation is 1. The number of carbonyl (C=O) groups excluding carboxylic acids is 2. The fourth-order valence-electron chi connectivity index (χ4n) is 4.72. The molecule has 2 aromatic heterocycles. The first-order valence-electron chi connectivity index (χ1n) is 13.3. The molecule has 5 rings (SSSR count). The van der Waals surface area contributed by atoms with Gasteiger partial charge >= 0.3 is 0 Å². The summed E-state index contributed by atoms with van der Waals surface area (Å²) in [4.78, 5) is 42.9. The molecule has 0 fully saturated rings. The largest absolute Gasteiger partial charge is 0.355 e. The third kappa shape index (κ3) is 5.50. The zero-order chi connectivity index (χ0) is 30.0. The Morgan fingerprint density at radius 2 is 1.93 bits per heavy atom. The third-order valence-electron chi connectivity index (χ3n) is 7.12. The van der Waals surface area contributed by atoms with E-state index in [-0.39, 0.29) is 24.1 Å². The van der Waals surface area contributed by atoms with Gasteiger partial charge in [0.1, 0.15) is 5.82 Å². The highest BCUT2D eigenvalue weighted by Crippen LogP contribution is 2.26. The molecule has 212 valence electrons. The molecule has 3 N–H and O–H groups in total. The predicted octanol–water partition coefficient (Wildman–Crippen LogP) is 3.86. The van der Waals surface area contributed by atoms with Gasteiger partial charge in [-0.05, 0) is 62.9 Å². The van der Waals surface area contributed by atoms with Crippen molar-refractivity contribution in [2.24, 2.45) is 0 Å². The van der Waals surface area contributed by atoms with Crippen molar-refractivity contribution < 1.29 is 14.0 Å². The number of aromatic nitrogens is 3. The van der Waals surface area contributed by atoms with Gasteiger partial charge in [-0.25, -0.2) is 9.37 Å². The van der Waals surface area contributed by atoms with Crippen LogP contribution in [0.2, 0.25) is 0 Å². The molecule has 0 aliphatic carbocycles. The number of fused-ring (bicyclic) bond motifs is 1. The minimum Gasteiger partial charge on any atom is -0.355 e. The van der Waals surface area contributed by atoms with Crippen molar-refractivity contribution >= 4 is 28.5 Å². The number of rotatable bonds is 8. The van der Waals surface area contributed by atoms with Crippen molar-refractivity contribution in [2.45, 2.75) is 26.4 Å². The molecule has 42 heavy (non-hydrogen) atoms. The van der Waals surface area contributed by atoms with E-state index in [1.54, 1.807) is 57.4 Å². The minimum absolute atomic E-state index is 0.0719. The summed E-state index contributed by atoms with van der Waals surface area (Å²) in [6.45, 7) is 3.66. The summed E-state index contributed by atoms with van der Waals surface area (Å²) < 4.78 is 17.3. The molecular formula is C32H29FN6O3. The molecule has 0 spiro atoms. The number of hydrogen-bond acceptors (Lipinski definition) is 5. The van der Waals surface area contributed by atoms with Crippen LogP contribution in [0.1, 0.15) is 28.4 Å². The number of carbonyl (C=O) groups is 2. The van der Waals surface area contributed by atoms with Crippen LogP contribution in [0.5, 0.6) is 0 Å². The molecule has 1 atom stereocenters. The average Bonchev–Trinajstić information content (AvgIpc) is 3.33. The maximum Gasteiger partial charge on any atom is 0.294 e. The van der Waals surface area contributed by atoms with Gasteiger partial charge in [0.15, 0.2) is 5.82 Å². The van der Waals surface area contributed by atoms with E-state index < -0.39 is 17.5 Å². The van der Waals surface area contributed by atoms with Crippen LogP contribution < -0.4 is 21.5 Å². The lowest BCUT2D eigenvalue weighted by molar-refractivity contribution is -0.117. The highest BCUT2D eigenvalue weighted by Gasteiger charge is 2.18. The number of likely N-dealkylation sites (N-methyl/N-ethyl adjacent to an activating group) is 1. The van der Waals surface area contributed by atoms with E-state index in [2.05, 4.69) is 33.1 Å². The average molecular weight is 565 g/mol. The lowest BCUT2D eigenvalue weighted by Crippen LogP contribution is -2.38. The second kappa shape index (κ2) is 11.7. The van der Waals surface area contributed by atoms with Gasteiger partial charge in [-0.2, -0.15) is 0 Å². The molecule has 0 radical (unpaired) electrons. The van der Waals surface area contributed by atoms with Crippen LogP contribution >= 0.6 is 0 Å². The first-order chi connectivity index (χ1) is 20.2. The smallest absolute Gasteiger partial charge is 0.294 e. The number of hydrogen-bond donors (Lipinski definition) is 3. The van der Waals surface area contributed by atoms with E-state index in [4.69, 9.17) is 0 Å². The molecule has 5 aromatic rings. The minimum atomic E-state index is -0.545. The van der Waals surface area contributed by atoms with Crippen molar-refractivity contribution in [2.75, 3.05) is 19.4 Å². The number of nitrogens with zero attached hydrogens (tertiary/aromatic N) is 3. The molecule has 10 heteroatoms. The van der Waals surface area contributed by atoms with Crippen molar-refractivity contribution in [1.82, 2.24) is 24.8 Å². The Hall–Kier alpha value is -5.27. The quantitative estimate of drug-likeness (QED) is 0.265. The molecule has 9 nitrogen and oxygen atoms in total. The summed E-state index contributed by atoms with van der Waals surface area (Å²) in [7, 11) is 3.19. The topological polar surface area (TPSA) is 110 Å². The summed E-state index contributed by atoms with van der Waals surface area (Å²) in [5.74, 6) is -1.11. The molecular weight excluding hydrogens is 535 g/mol. The van der Waals surface area contributed by atoms with Crippen LogP contribution in [-0.2, 0) is 11.3 Å². The molecule has 0 aliphatic heterocycles. The van der Waals surface area contributed by atoms with E-state index in [1.165, 1.54) is 22.9 Å². The molecule has 0 saturated heterocycles. The second-order valence-corrected chi connectivity index (χ2v) is 9.89. The zero-order valence-corrected chi connectivity index (χ0v) is 23.6. The van der Waals surface area contributed by atoms with Gasteiger partial charge in [0, 0.05) is 41.4 Å². The van der Waals surface area contributed by atoms with Crippen LogP contribution in [-0.4, -0.2) is 46.1 Å². The van der Waals surface area contributed by atoms with Crippen LogP contribution in [0.4, 0.5) is 10.2 Å². The van der Waals surface area contributed by atoms with Gasteiger partial charge in [-0.3, -0.25) is 19.0 Å². The van der Waals surface area contributed by atoms with Crippen LogP contribution in [0.25, 0.3) is 27.8 Å². The third-order valence-corrected chi connectivity index (χ3v) is 7.12.